The number of carbonyl (C=O) groups is 2. The highest BCUT2D eigenvalue weighted by Gasteiger charge is 2.42. The van der Waals surface area contributed by atoms with Crippen molar-refractivity contribution in [2.45, 2.75) is 98.1 Å². The molecular weight excluding hydrogens is 621 g/mol. The van der Waals surface area contributed by atoms with Crippen molar-refractivity contribution in [2.24, 2.45) is 5.41 Å². The maximum absolute atomic E-state index is 13.6. The Bertz CT molecular complexity index is 1640. The molecule has 0 aromatic heterocycles. The highest BCUT2D eigenvalue weighted by molar-refractivity contribution is 5.80. The molecule has 2 aromatic rings. The average molecular weight is 669 g/mol. The number of methoxy groups -OCH3 is 1. The van der Waals surface area contributed by atoms with Crippen LogP contribution in [0.1, 0.15) is 101 Å². The summed E-state index contributed by atoms with van der Waals surface area (Å²) in [6.45, 7) is 14.7. The predicted octanol–water partition coefficient (Wildman–Crippen LogP) is 9.59. The van der Waals surface area contributed by atoms with Crippen molar-refractivity contribution in [3.8, 4) is 5.75 Å². The Hall–Kier alpha value is -3.95. The highest BCUT2D eigenvalue weighted by Crippen LogP contribution is 2.46. The van der Waals surface area contributed by atoms with E-state index in [4.69, 9.17) is 14.2 Å². The molecule has 10 heteroatoms. The number of hydrogen-bond acceptors (Lipinski definition) is 5. The number of hydrogen-bond donors (Lipinski definition) is 0. The van der Waals surface area contributed by atoms with Gasteiger partial charge in [-0.2, -0.15) is 13.2 Å². The molecule has 0 bridgehead atoms. The van der Waals surface area contributed by atoms with Gasteiger partial charge in [0.05, 0.1) is 18.7 Å². The molecule has 0 N–H and O–H groups in total. The first-order chi connectivity index (χ1) is 22.3. The number of carbonyl (C=O) groups excluding carboxylic acids is 2. The quantitative estimate of drug-likeness (QED) is 0.307. The van der Waals surface area contributed by atoms with Gasteiger partial charge in [-0.3, -0.25) is 4.90 Å². The molecule has 7 nitrogen and oxygen atoms in total. The number of nitrogens with zero attached hydrogens (tertiary/aromatic N) is 2. The van der Waals surface area contributed by atoms with E-state index in [2.05, 4.69) is 26.0 Å². The van der Waals surface area contributed by atoms with Gasteiger partial charge in [-0.1, -0.05) is 37.6 Å². The van der Waals surface area contributed by atoms with Crippen LogP contribution in [0.4, 0.5) is 22.8 Å². The second kappa shape index (κ2) is 13.2. The number of cyclic esters (lactones) is 1. The van der Waals surface area contributed by atoms with Gasteiger partial charge in [0.2, 0.25) is 0 Å². The summed E-state index contributed by atoms with van der Waals surface area (Å²) in [5, 5.41) is 0. The highest BCUT2D eigenvalue weighted by atomic mass is 19.4. The number of ether oxygens (including phenoxy) is 3. The molecule has 1 aliphatic carbocycles. The maximum atomic E-state index is 13.6. The van der Waals surface area contributed by atoms with Crippen molar-refractivity contribution in [1.29, 1.82) is 0 Å². The van der Waals surface area contributed by atoms with Crippen LogP contribution in [0.2, 0.25) is 0 Å². The van der Waals surface area contributed by atoms with Crippen LogP contribution in [0.5, 0.6) is 5.75 Å². The van der Waals surface area contributed by atoms with Gasteiger partial charge in [-0.25, -0.2) is 9.59 Å². The van der Waals surface area contributed by atoms with Gasteiger partial charge in [-0.05, 0) is 118 Å². The molecule has 1 saturated heterocycles. The molecule has 2 amide bonds. The van der Waals surface area contributed by atoms with Crippen molar-refractivity contribution in [1.82, 2.24) is 9.80 Å². The number of benzene rings is 2. The minimum absolute atomic E-state index is 0.00881. The Morgan fingerprint density at radius 3 is 2.44 bits per heavy atom. The summed E-state index contributed by atoms with van der Waals surface area (Å²) >= 11 is 0. The number of halogens is 3. The van der Waals surface area contributed by atoms with Crippen molar-refractivity contribution >= 4 is 23.3 Å². The number of alkyl halides is 3. The lowest BCUT2D eigenvalue weighted by Gasteiger charge is -2.36. The van der Waals surface area contributed by atoms with Crippen molar-refractivity contribution in [3.63, 3.8) is 0 Å². The van der Waals surface area contributed by atoms with Crippen molar-refractivity contribution in [2.75, 3.05) is 26.7 Å². The first-order valence-electron chi connectivity index (χ1n) is 16.6. The van der Waals surface area contributed by atoms with Gasteiger partial charge in [-0.15, -0.1) is 0 Å². The summed E-state index contributed by atoms with van der Waals surface area (Å²) in [6, 6.07) is 9.51. The lowest BCUT2D eigenvalue weighted by Crippen LogP contribution is -2.39. The zero-order valence-corrected chi connectivity index (χ0v) is 29.2. The zero-order chi connectivity index (χ0) is 35.2. The van der Waals surface area contributed by atoms with Crippen LogP contribution in [0, 0.1) is 12.3 Å². The number of rotatable bonds is 6. The second-order valence-corrected chi connectivity index (χ2v) is 15.0. The van der Waals surface area contributed by atoms with E-state index in [1.54, 1.807) is 29.9 Å². The zero-order valence-electron chi connectivity index (χ0n) is 29.2. The van der Waals surface area contributed by atoms with Crippen LogP contribution in [0.25, 0.3) is 11.1 Å². The third kappa shape index (κ3) is 7.84. The molecule has 0 unspecified atom stereocenters. The summed E-state index contributed by atoms with van der Waals surface area (Å²) in [6.07, 6.45) is -0.984. The summed E-state index contributed by atoms with van der Waals surface area (Å²) in [7, 11) is 1.64. The Labute approximate surface area is 281 Å². The molecule has 0 saturated carbocycles. The molecule has 260 valence electrons. The maximum Gasteiger partial charge on any atom is 0.416 e. The molecule has 2 aliphatic heterocycles. The van der Waals surface area contributed by atoms with Crippen LogP contribution in [0.15, 0.2) is 48.0 Å². The lowest BCUT2D eigenvalue weighted by atomic mass is 9.72. The van der Waals surface area contributed by atoms with Gasteiger partial charge in [0.1, 0.15) is 17.5 Å². The van der Waals surface area contributed by atoms with Gasteiger partial charge in [0, 0.05) is 25.2 Å². The first kappa shape index (κ1) is 35.4. The van der Waals surface area contributed by atoms with Crippen molar-refractivity contribution in [3.05, 3.63) is 75.9 Å². The molecule has 0 spiro atoms. The number of amides is 2. The molecule has 48 heavy (non-hydrogen) atoms. The van der Waals surface area contributed by atoms with E-state index in [9.17, 15) is 22.8 Å². The SMILES string of the molecule is COc1ccc(C2=CCN(C(=O)OC(C)(C)C)CC2)cc1C1=C(CN2C(=O)O[C@H](c3cc(C)cc(C(F)(F)F)c3)[C@@H]2C)CC(C)(C)CC1. The predicted molar refractivity (Wildman–Crippen MR) is 180 cm³/mol. The summed E-state index contributed by atoms with van der Waals surface area (Å²) in [5.41, 5.74) is 4.80. The van der Waals surface area contributed by atoms with Crippen LogP contribution in [-0.4, -0.2) is 60.4 Å². The molecule has 2 aromatic carbocycles. The lowest BCUT2D eigenvalue weighted by molar-refractivity contribution is -0.137. The van der Waals surface area contributed by atoms with E-state index < -0.39 is 35.6 Å². The van der Waals surface area contributed by atoms with Gasteiger partial charge >= 0.3 is 18.4 Å². The van der Waals surface area contributed by atoms with Crippen LogP contribution in [-0.2, 0) is 15.7 Å². The fraction of sp³-hybridized carbons (Fsp3) is 0.526. The Kier molecular flexibility index (Phi) is 9.70. The molecule has 5 rings (SSSR count). The van der Waals surface area contributed by atoms with E-state index in [0.29, 0.717) is 37.2 Å². The standard InChI is InChI=1S/C38H47F3N2O5/c1-23-17-27(19-29(18-23)38(39,40)41)33-24(2)43(35(45)47-33)22-28-21-37(6,7)14-11-30(28)31-20-26(9-10-32(31)46-8)25-12-15-42(16-13-25)34(44)48-36(3,4)5/h9-10,12,17-20,24,33H,11,13-16,21-22H2,1-8H3/t24-,33-/m0/s1. The minimum atomic E-state index is -4.50. The van der Waals surface area contributed by atoms with Gasteiger partial charge < -0.3 is 19.1 Å². The number of allylic oxidation sites excluding steroid dienone is 1. The summed E-state index contributed by atoms with van der Waals surface area (Å²) < 4.78 is 58.0. The topological polar surface area (TPSA) is 68.3 Å². The summed E-state index contributed by atoms with van der Waals surface area (Å²) in [4.78, 5) is 29.3. The van der Waals surface area contributed by atoms with Crippen LogP contribution in [0.3, 0.4) is 0 Å². The summed E-state index contributed by atoms with van der Waals surface area (Å²) in [5.74, 6) is 0.729. The Morgan fingerprint density at radius 2 is 1.81 bits per heavy atom. The van der Waals surface area contributed by atoms with E-state index in [0.717, 1.165) is 65.0 Å². The molecule has 1 fully saturated rings. The first-order valence-corrected chi connectivity index (χ1v) is 16.6. The van der Waals surface area contributed by atoms with E-state index in [1.165, 1.54) is 0 Å². The fourth-order valence-electron chi connectivity index (χ4n) is 6.96. The van der Waals surface area contributed by atoms with Gasteiger partial charge in [0.15, 0.2) is 0 Å². The van der Waals surface area contributed by atoms with Crippen molar-refractivity contribution < 1.29 is 37.0 Å². The smallest absolute Gasteiger partial charge is 0.416 e. The van der Waals surface area contributed by atoms with E-state index in [1.807, 2.05) is 39.8 Å². The molecule has 0 radical (unpaired) electrons. The normalized spacial score (nSPS) is 21.6. The van der Waals surface area contributed by atoms with Gasteiger partial charge in [0.25, 0.3) is 0 Å². The average Bonchev–Trinajstić information content (AvgIpc) is 3.27. The largest absolute Gasteiger partial charge is 0.496 e. The van der Waals surface area contributed by atoms with Crippen LogP contribution < -0.4 is 4.74 Å². The second-order valence-electron chi connectivity index (χ2n) is 15.0. The Morgan fingerprint density at radius 1 is 1.08 bits per heavy atom. The van der Waals surface area contributed by atoms with E-state index >= 15 is 0 Å². The number of aryl methyl sites for hydroxylation is 1. The Balaban J connectivity index is 1.45. The fourth-order valence-corrected chi connectivity index (χ4v) is 6.96. The molecule has 2 atom stereocenters. The molecule has 3 aliphatic rings. The van der Waals surface area contributed by atoms with Crippen LogP contribution >= 0.6 is 0 Å². The third-order valence-electron chi connectivity index (χ3n) is 9.44. The molecule has 2 heterocycles. The van der Waals surface area contributed by atoms with E-state index in [-0.39, 0.29) is 11.5 Å². The monoisotopic (exact) mass is 668 g/mol. The minimum Gasteiger partial charge on any atom is -0.496 e. The molecular formula is C38H47F3N2O5. The third-order valence-corrected chi connectivity index (χ3v) is 9.44.